The van der Waals surface area contributed by atoms with E-state index in [-0.39, 0.29) is 0 Å². The Bertz CT molecular complexity index is 850. The Morgan fingerprint density at radius 3 is 2.24 bits per heavy atom. The predicted octanol–water partition coefficient (Wildman–Crippen LogP) is 4.23. The third kappa shape index (κ3) is 3.74. The van der Waals surface area contributed by atoms with Gasteiger partial charge in [-0.1, -0.05) is 6.92 Å². The van der Waals surface area contributed by atoms with Crippen molar-refractivity contribution < 1.29 is 18.9 Å². The fraction of sp³-hybridized carbons (Fsp3) is 0.263. The number of aromatic nitrogens is 2. The quantitative estimate of drug-likeness (QED) is 0.641. The molecule has 1 heterocycles. The van der Waals surface area contributed by atoms with Crippen LogP contribution >= 0.6 is 0 Å². The molecule has 2 aromatic carbocycles. The lowest BCUT2D eigenvalue weighted by Crippen LogP contribution is -1.96. The highest BCUT2D eigenvalue weighted by molar-refractivity contribution is 5.87. The van der Waals surface area contributed by atoms with E-state index in [1.807, 2.05) is 30.3 Å². The summed E-state index contributed by atoms with van der Waals surface area (Å²) in [5, 5.41) is 0.742. The Balaban J connectivity index is 1.90. The molecule has 25 heavy (non-hydrogen) atoms. The second-order valence-electron chi connectivity index (χ2n) is 5.33. The van der Waals surface area contributed by atoms with Crippen LogP contribution in [-0.4, -0.2) is 30.8 Å². The maximum atomic E-state index is 5.92. The van der Waals surface area contributed by atoms with Crippen molar-refractivity contribution in [2.45, 2.75) is 13.3 Å². The minimum absolute atomic E-state index is 0.452. The minimum atomic E-state index is 0.452. The topological polar surface area (TPSA) is 62.7 Å². The van der Waals surface area contributed by atoms with Crippen LogP contribution in [0.25, 0.3) is 10.9 Å². The van der Waals surface area contributed by atoms with Crippen molar-refractivity contribution in [2.75, 3.05) is 20.8 Å². The second-order valence-corrected chi connectivity index (χ2v) is 5.33. The number of hydrogen-bond donors (Lipinski definition) is 0. The van der Waals surface area contributed by atoms with Crippen molar-refractivity contribution in [3.8, 4) is 28.9 Å². The van der Waals surface area contributed by atoms with Crippen molar-refractivity contribution in [1.29, 1.82) is 0 Å². The first-order valence-electron chi connectivity index (χ1n) is 8.02. The zero-order chi connectivity index (χ0) is 17.6. The number of ether oxygens (including phenoxy) is 4. The maximum absolute atomic E-state index is 5.92. The molecule has 6 nitrogen and oxygen atoms in total. The molecule has 3 rings (SSSR count). The first-order chi connectivity index (χ1) is 12.2. The molecule has 6 heteroatoms. The zero-order valence-electron chi connectivity index (χ0n) is 14.5. The van der Waals surface area contributed by atoms with E-state index in [2.05, 4.69) is 16.9 Å². The molecular weight excluding hydrogens is 320 g/mol. The average molecular weight is 340 g/mol. The molecule has 0 spiro atoms. The first kappa shape index (κ1) is 16.8. The number of hydrogen-bond acceptors (Lipinski definition) is 6. The van der Waals surface area contributed by atoms with Gasteiger partial charge < -0.3 is 18.9 Å². The van der Waals surface area contributed by atoms with Crippen LogP contribution in [0.15, 0.2) is 42.7 Å². The number of rotatable bonds is 7. The summed E-state index contributed by atoms with van der Waals surface area (Å²) in [7, 11) is 3.17. The van der Waals surface area contributed by atoms with Crippen LogP contribution in [0, 0.1) is 0 Å². The van der Waals surface area contributed by atoms with Gasteiger partial charge in [-0.15, -0.1) is 0 Å². The fourth-order valence-electron chi connectivity index (χ4n) is 2.38. The standard InChI is InChI=1S/C19H20N2O4/c1-4-9-24-13-5-7-14(8-6-13)25-19-15-10-17(22-2)18(23-3)11-16(15)20-12-21-19/h5-8,10-12H,4,9H2,1-3H3. The van der Waals surface area contributed by atoms with Gasteiger partial charge in [0.25, 0.3) is 0 Å². The lowest BCUT2D eigenvalue weighted by atomic mass is 10.2. The van der Waals surface area contributed by atoms with E-state index >= 15 is 0 Å². The Labute approximate surface area is 146 Å². The highest BCUT2D eigenvalue weighted by Gasteiger charge is 2.12. The van der Waals surface area contributed by atoms with Gasteiger partial charge in [-0.05, 0) is 36.8 Å². The van der Waals surface area contributed by atoms with E-state index in [4.69, 9.17) is 18.9 Å². The summed E-state index contributed by atoms with van der Waals surface area (Å²) in [4.78, 5) is 8.51. The highest BCUT2D eigenvalue weighted by atomic mass is 16.5. The normalized spacial score (nSPS) is 10.5. The lowest BCUT2D eigenvalue weighted by Gasteiger charge is -2.11. The van der Waals surface area contributed by atoms with E-state index in [1.54, 1.807) is 20.3 Å². The Kier molecular flexibility index (Phi) is 5.18. The molecular formula is C19H20N2O4. The third-order valence-corrected chi connectivity index (χ3v) is 3.62. The molecule has 0 radical (unpaired) electrons. The molecule has 1 aromatic heterocycles. The molecule has 0 N–H and O–H groups in total. The number of benzene rings is 2. The van der Waals surface area contributed by atoms with Gasteiger partial charge in [0.2, 0.25) is 5.88 Å². The molecule has 0 saturated carbocycles. The van der Waals surface area contributed by atoms with Gasteiger partial charge in [-0.3, -0.25) is 0 Å². The maximum Gasteiger partial charge on any atom is 0.230 e. The summed E-state index contributed by atoms with van der Waals surface area (Å²) in [5.41, 5.74) is 0.713. The molecule has 0 amide bonds. The number of nitrogens with zero attached hydrogens (tertiary/aromatic N) is 2. The summed E-state index contributed by atoms with van der Waals surface area (Å²) >= 11 is 0. The SMILES string of the molecule is CCCOc1ccc(Oc2ncnc3cc(OC)c(OC)cc23)cc1. The van der Waals surface area contributed by atoms with E-state index in [1.165, 1.54) is 6.33 Å². The van der Waals surface area contributed by atoms with Crippen LogP contribution in [0.3, 0.4) is 0 Å². The molecule has 0 fully saturated rings. The number of methoxy groups -OCH3 is 2. The van der Waals surface area contributed by atoms with Gasteiger partial charge >= 0.3 is 0 Å². The molecule has 0 bridgehead atoms. The van der Waals surface area contributed by atoms with Gasteiger partial charge in [0, 0.05) is 6.07 Å². The summed E-state index contributed by atoms with van der Waals surface area (Å²) in [6, 6.07) is 11.0. The van der Waals surface area contributed by atoms with Crippen LogP contribution in [0.5, 0.6) is 28.9 Å². The Morgan fingerprint density at radius 2 is 1.56 bits per heavy atom. The van der Waals surface area contributed by atoms with Crippen LogP contribution in [-0.2, 0) is 0 Å². The summed E-state index contributed by atoms with van der Waals surface area (Å²) < 4.78 is 22.2. The van der Waals surface area contributed by atoms with Crippen molar-refractivity contribution in [1.82, 2.24) is 9.97 Å². The molecule has 0 aliphatic carbocycles. The predicted molar refractivity (Wildman–Crippen MR) is 94.9 cm³/mol. The smallest absolute Gasteiger partial charge is 0.230 e. The zero-order valence-corrected chi connectivity index (χ0v) is 14.5. The van der Waals surface area contributed by atoms with E-state index in [0.717, 1.165) is 17.6 Å². The molecule has 130 valence electrons. The van der Waals surface area contributed by atoms with Crippen LogP contribution in [0.4, 0.5) is 0 Å². The molecule has 0 unspecified atom stereocenters. The average Bonchev–Trinajstić information content (AvgIpc) is 2.66. The van der Waals surface area contributed by atoms with Gasteiger partial charge in [0.1, 0.15) is 17.8 Å². The Hall–Kier alpha value is -3.02. The van der Waals surface area contributed by atoms with E-state index in [9.17, 15) is 0 Å². The monoisotopic (exact) mass is 340 g/mol. The van der Waals surface area contributed by atoms with Crippen molar-refractivity contribution >= 4 is 10.9 Å². The summed E-state index contributed by atoms with van der Waals surface area (Å²) in [5.74, 6) is 3.13. The first-order valence-corrected chi connectivity index (χ1v) is 8.02. The summed E-state index contributed by atoms with van der Waals surface area (Å²) in [6.45, 7) is 2.76. The van der Waals surface area contributed by atoms with Crippen LogP contribution in [0.1, 0.15) is 13.3 Å². The van der Waals surface area contributed by atoms with Crippen molar-refractivity contribution in [3.05, 3.63) is 42.7 Å². The Morgan fingerprint density at radius 1 is 0.880 bits per heavy atom. The minimum Gasteiger partial charge on any atom is -0.494 e. The second kappa shape index (κ2) is 7.70. The molecule has 0 aliphatic rings. The molecule has 0 atom stereocenters. The van der Waals surface area contributed by atoms with Crippen LogP contribution < -0.4 is 18.9 Å². The van der Waals surface area contributed by atoms with Gasteiger partial charge in [0.05, 0.1) is 31.7 Å². The summed E-state index contributed by atoms with van der Waals surface area (Å²) in [6.07, 6.45) is 2.43. The highest BCUT2D eigenvalue weighted by Crippen LogP contribution is 2.35. The third-order valence-electron chi connectivity index (χ3n) is 3.62. The van der Waals surface area contributed by atoms with Gasteiger partial charge in [-0.25, -0.2) is 9.97 Å². The number of fused-ring (bicyclic) bond motifs is 1. The molecule has 0 saturated heterocycles. The fourth-order valence-corrected chi connectivity index (χ4v) is 2.38. The van der Waals surface area contributed by atoms with Gasteiger partial charge in [-0.2, -0.15) is 0 Å². The van der Waals surface area contributed by atoms with Gasteiger partial charge in [0.15, 0.2) is 11.5 Å². The van der Waals surface area contributed by atoms with Crippen molar-refractivity contribution in [3.63, 3.8) is 0 Å². The van der Waals surface area contributed by atoms with Crippen LogP contribution in [0.2, 0.25) is 0 Å². The van der Waals surface area contributed by atoms with E-state index in [0.29, 0.717) is 35.3 Å². The molecule has 0 aliphatic heterocycles. The van der Waals surface area contributed by atoms with Crippen molar-refractivity contribution in [2.24, 2.45) is 0 Å². The molecule has 3 aromatic rings. The largest absolute Gasteiger partial charge is 0.494 e. The lowest BCUT2D eigenvalue weighted by molar-refractivity contribution is 0.317. The van der Waals surface area contributed by atoms with E-state index < -0.39 is 0 Å².